The minimum Gasteiger partial charge on any atom is -0.339 e. The van der Waals surface area contributed by atoms with Gasteiger partial charge in [-0.05, 0) is 53.9 Å². The Morgan fingerprint density at radius 2 is 1.80 bits per heavy atom. The normalized spacial score (nSPS) is 12.5. The van der Waals surface area contributed by atoms with Gasteiger partial charge in [-0.25, -0.2) is 14.4 Å². The molecule has 2 aromatic heterocycles. The molecule has 1 aliphatic heterocycles. The van der Waals surface area contributed by atoms with Crippen LogP contribution in [0.25, 0.3) is 11.1 Å². The molecule has 0 unspecified atom stereocenters. The Bertz CT molecular complexity index is 1450. The van der Waals surface area contributed by atoms with Gasteiger partial charge in [-0.2, -0.15) is 0 Å². The monoisotopic (exact) mass is 526 g/mol. The van der Waals surface area contributed by atoms with Crippen LogP contribution in [0, 0.1) is 5.82 Å². The summed E-state index contributed by atoms with van der Waals surface area (Å²) >= 11 is 18.8. The summed E-state index contributed by atoms with van der Waals surface area (Å²) in [7, 11) is 0. The summed E-state index contributed by atoms with van der Waals surface area (Å²) in [6.45, 7) is 0.551. The number of amides is 1. The number of pyridine rings is 2. The Kier molecular flexibility index (Phi) is 6.60. The van der Waals surface area contributed by atoms with E-state index in [2.05, 4.69) is 15.3 Å². The first-order valence-electron chi connectivity index (χ1n) is 10.8. The number of carbonyl (C=O) groups excluding carboxylic acids is 1. The summed E-state index contributed by atoms with van der Waals surface area (Å²) < 4.78 is 13.4. The Hall–Kier alpha value is -3.19. The molecule has 0 atom stereocenters. The average molecular weight is 528 g/mol. The van der Waals surface area contributed by atoms with Crippen LogP contribution in [0.2, 0.25) is 15.1 Å². The van der Waals surface area contributed by atoms with Crippen LogP contribution < -0.4 is 10.2 Å². The zero-order chi connectivity index (χ0) is 24.5. The van der Waals surface area contributed by atoms with E-state index >= 15 is 0 Å². The molecule has 35 heavy (non-hydrogen) atoms. The number of aromatic nitrogens is 2. The molecule has 1 N–H and O–H groups in total. The molecule has 1 amide bonds. The minimum atomic E-state index is -0.422. The highest BCUT2D eigenvalue weighted by Crippen LogP contribution is 2.35. The second-order valence-corrected chi connectivity index (χ2v) is 9.29. The van der Waals surface area contributed by atoms with Gasteiger partial charge in [-0.1, -0.05) is 53.0 Å². The fraction of sp³-hybridized carbons (Fsp3) is 0.115. The SMILES string of the molecule is O=C(Cc1ccccc1Cl)N1CCc2cc(-c3cc(Nc4ccc(F)cc4Cl)ncc3Cl)cnc21. The van der Waals surface area contributed by atoms with Gasteiger partial charge < -0.3 is 5.32 Å². The molecular formula is C26H18Cl3FN4O. The van der Waals surface area contributed by atoms with Gasteiger partial charge >= 0.3 is 0 Å². The molecule has 2 aromatic carbocycles. The zero-order valence-corrected chi connectivity index (χ0v) is 20.5. The molecule has 0 bridgehead atoms. The molecule has 9 heteroatoms. The second kappa shape index (κ2) is 9.82. The minimum absolute atomic E-state index is 0.0540. The molecule has 5 nitrogen and oxygen atoms in total. The summed E-state index contributed by atoms with van der Waals surface area (Å²) in [5.41, 5.74) is 3.78. The summed E-state index contributed by atoms with van der Waals surface area (Å²) in [6.07, 6.45) is 4.11. The van der Waals surface area contributed by atoms with Crippen LogP contribution in [0.3, 0.4) is 0 Å². The van der Waals surface area contributed by atoms with Gasteiger partial charge in [0.1, 0.15) is 17.5 Å². The topological polar surface area (TPSA) is 58.1 Å². The number of rotatable bonds is 5. The van der Waals surface area contributed by atoms with Crippen LogP contribution in [0.15, 0.2) is 67.0 Å². The van der Waals surface area contributed by atoms with Crippen molar-refractivity contribution in [2.45, 2.75) is 12.8 Å². The van der Waals surface area contributed by atoms with Crippen molar-refractivity contribution in [1.82, 2.24) is 9.97 Å². The second-order valence-electron chi connectivity index (χ2n) is 8.07. The summed E-state index contributed by atoms with van der Waals surface area (Å²) in [4.78, 5) is 23.5. The Balaban J connectivity index is 1.39. The molecule has 0 spiro atoms. The lowest BCUT2D eigenvalue weighted by atomic mass is 10.1. The number of nitrogens with one attached hydrogen (secondary N) is 1. The first kappa shape index (κ1) is 23.5. The molecule has 3 heterocycles. The maximum atomic E-state index is 13.4. The van der Waals surface area contributed by atoms with Crippen LogP contribution in [0.5, 0.6) is 0 Å². The van der Waals surface area contributed by atoms with Gasteiger partial charge in [0.15, 0.2) is 0 Å². The number of benzene rings is 2. The predicted octanol–water partition coefficient (Wildman–Crippen LogP) is 7.12. The number of hydrogen-bond acceptors (Lipinski definition) is 4. The first-order valence-corrected chi connectivity index (χ1v) is 11.9. The highest BCUT2D eigenvalue weighted by molar-refractivity contribution is 6.34. The van der Waals surface area contributed by atoms with Crippen LogP contribution in [0.4, 0.5) is 21.7 Å². The summed E-state index contributed by atoms with van der Waals surface area (Å²) in [5.74, 6) is 0.665. The van der Waals surface area contributed by atoms with E-state index in [1.54, 1.807) is 29.3 Å². The summed E-state index contributed by atoms with van der Waals surface area (Å²) in [5, 5.41) is 4.35. The van der Waals surface area contributed by atoms with Crippen molar-refractivity contribution in [3.63, 3.8) is 0 Å². The average Bonchev–Trinajstić information content (AvgIpc) is 3.27. The standard InChI is InChI=1S/C26H18Cl3FN4O/c27-20-4-2-1-3-15(20)10-25(35)34-8-7-16-9-17(13-32-26(16)34)19-12-24(31-14-22(19)29)33-23-6-5-18(30)11-21(23)28/h1-6,9,11-14H,7-8,10H2,(H,31,33). The van der Waals surface area contributed by atoms with Crippen molar-refractivity contribution < 1.29 is 9.18 Å². The fourth-order valence-electron chi connectivity index (χ4n) is 4.02. The molecule has 0 radical (unpaired) electrons. The van der Waals surface area contributed by atoms with Crippen molar-refractivity contribution in [2.24, 2.45) is 0 Å². The Morgan fingerprint density at radius 3 is 2.60 bits per heavy atom. The van der Waals surface area contributed by atoms with Gasteiger partial charge in [0.25, 0.3) is 0 Å². The van der Waals surface area contributed by atoms with E-state index in [4.69, 9.17) is 34.8 Å². The number of hydrogen-bond donors (Lipinski definition) is 1. The maximum absolute atomic E-state index is 13.4. The number of fused-ring (bicyclic) bond motifs is 1. The number of carbonyl (C=O) groups is 1. The zero-order valence-electron chi connectivity index (χ0n) is 18.2. The highest BCUT2D eigenvalue weighted by atomic mass is 35.5. The van der Waals surface area contributed by atoms with Crippen molar-refractivity contribution in [3.8, 4) is 11.1 Å². The predicted molar refractivity (Wildman–Crippen MR) is 138 cm³/mol. The third-order valence-corrected chi connectivity index (χ3v) is 6.75. The van der Waals surface area contributed by atoms with Crippen LogP contribution in [-0.4, -0.2) is 22.4 Å². The third-order valence-electron chi connectivity index (χ3n) is 5.76. The lowest BCUT2D eigenvalue weighted by Crippen LogP contribution is -2.31. The first-order chi connectivity index (χ1) is 16.9. The third kappa shape index (κ3) is 4.96. The van der Waals surface area contributed by atoms with E-state index < -0.39 is 5.82 Å². The van der Waals surface area contributed by atoms with Gasteiger partial charge in [0.2, 0.25) is 5.91 Å². The Labute approximate surface area is 216 Å². The molecule has 4 aromatic rings. The lowest BCUT2D eigenvalue weighted by molar-refractivity contribution is -0.117. The van der Waals surface area contributed by atoms with E-state index in [9.17, 15) is 9.18 Å². The molecule has 0 saturated carbocycles. The fourth-order valence-corrected chi connectivity index (χ4v) is 4.65. The van der Waals surface area contributed by atoms with E-state index in [1.807, 2.05) is 24.3 Å². The molecule has 0 fully saturated rings. The van der Waals surface area contributed by atoms with Crippen LogP contribution in [0.1, 0.15) is 11.1 Å². The van der Waals surface area contributed by atoms with Crippen molar-refractivity contribution in [2.75, 3.05) is 16.8 Å². The van der Waals surface area contributed by atoms with Gasteiger partial charge in [-0.3, -0.25) is 9.69 Å². The van der Waals surface area contributed by atoms with Crippen LogP contribution >= 0.6 is 34.8 Å². The van der Waals surface area contributed by atoms with E-state index in [-0.39, 0.29) is 17.4 Å². The summed E-state index contributed by atoms with van der Waals surface area (Å²) in [6, 6.07) is 15.2. The van der Waals surface area contributed by atoms with E-state index in [0.717, 1.165) is 22.3 Å². The van der Waals surface area contributed by atoms with Gasteiger partial charge in [0.05, 0.1) is 22.2 Å². The van der Waals surface area contributed by atoms with Crippen molar-refractivity contribution in [3.05, 3.63) is 99.0 Å². The van der Waals surface area contributed by atoms with E-state index in [0.29, 0.717) is 40.3 Å². The Morgan fingerprint density at radius 1 is 0.971 bits per heavy atom. The number of halogens is 4. The largest absolute Gasteiger partial charge is 0.339 e. The van der Waals surface area contributed by atoms with Gasteiger partial charge in [0, 0.05) is 35.1 Å². The van der Waals surface area contributed by atoms with Crippen molar-refractivity contribution >= 4 is 58.0 Å². The maximum Gasteiger partial charge on any atom is 0.232 e. The lowest BCUT2D eigenvalue weighted by Gasteiger charge is -2.17. The van der Waals surface area contributed by atoms with Crippen molar-refractivity contribution in [1.29, 1.82) is 0 Å². The quantitative estimate of drug-likeness (QED) is 0.300. The smallest absolute Gasteiger partial charge is 0.232 e. The molecule has 0 saturated heterocycles. The molecule has 176 valence electrons. The highest BCUT2D eigenvalue weighted by Gasteiger charge is 2.27. The molecule has 0 aliphatic carbocycles. The van der Waals surface area contributed by atoms with E-state index in [1.165, 1.54) is 18.3 Å². The van der Waals surface area contributed by atoms with Gasteiger partial charge in [-0.15, -0.1) is 0 Å². The molecular weight excluding hydrogens is 510 g/mol. The number of anilines is 3. The number of nitrogens with zero attached hydrogens (tertiary/aromatic N) is 3. The molecule has 5 rings (SSSR count). The van der Waals surface area contributed by atoms with Crippen LogP contribution in [-0.2, 0) is 17.6 Å². The molecule has 1 aliphatic rings.